The molecule has 1 saturated carbocycles. The summed E-state index contributed by atoms with van der Waals surface area (Å²) in [6.07, 6.45) is 7.19. The van der Waals surface area contributed by atoms with Crippen LogP contribution in [-0.4, -0.2) is 52.6 Å². The van der Waals surface area contributed by atoms with Crippen molar-refractivity contribution in [3.05, 3.63) is 18.1 Å². The maximum absolute atomic E-state index is 12.4. The van der Waals surface area contributed by atoms with E-state index in [1.807, 2.05) is 4.90 Å². The van der Waals surface area contributed by atoms with Crippen molar-refractivity contribution >= 4 is 18.3 Å². The summed E-state index contributed by atoms with van der Waals surface area (Å²) in [5, 5.41) is 3.37. The summed E-state index contributed by atoms with van der Waals surface area (Å²) in [6, 6.07) is 0.253. The quantitative estimate of drug-likeness (QED) is 0.902. The van der Waals surface area contributed by atoms with E-state index in [0.29, 0.717) is 11.8 Å². The number of hydrogen-bond acceptors (Lipinski definition) is 5. The van der Waals surface area contributed by atoms with Gasteiger partial charge < -0.3 is 15.0 Å². The number of nitrogens with zero attached hydrogens (tertiary/aromatic N) is 3. The number of carbonyl (C=O) groups is 1. The van der Waals surface area contributed by atoms with Gasteiger partial charge in [0.15, 0.2) is 6.10 Å². The smallest absolute Gasteiger partial charge is 0.264 e. The molecule has 2 saturated heterocycles. The van der Waals surface area contributed by atoms with Crippen LogP contribution in [-0.2, 0) is 4.79 Å². The van der Waals surface area contributed by atoms with Gasteiger partial charge in [0, 0.05) is 31.5 Å². The summed E-state index contributed by atoms with van der Waals surface area (Å²) < 4.78 is 5.78. The van der Waals surface area contributed by atoms with E-state index in [9.17, 15) is 4.79 Å². The van der Waals surface area contributed by atoms with Crippen LogP contribution in [0.15, 0.2) is 12.4 Å². The molecule has 1 aliphatic carbocycles. The van der Waals surface area contributed by atoms with Gasteiger partial charge in [-0.1, -0.05) is 0 Å². The molecule has 7 heteroatoms. The Balaban J connectivity index is 0.00000144. The van der Waals surface area contributed by atoms with Crippen molar-refractivity contribution in [2.45, 2.75) is 43.7 Å². The van der Waals surface area contributed by atoms with E-state index in [1.54, 1.807) is 12.4 Å². The Morgan fingerprint density at radius 3 is 2.86 bits per heavy atom. The normalized spacial score (nSPS) is 27.8. The predicted octanol–water partition coefficient (Wildman–Crippen LogP) is 1.12. The molecule has 0 unspecified atom stereocenters. The number of amides is 1. The first-order valence-electron chi connectivity index (χ1n) is 7.81. The van der Waals surface area contributed by atoms with E-state index in [4.69, 9.17) is 4.74 Å². The number of aromatic nitrogens is 2. The second-order valence-electron chi connectivity index (χ2n) is 6.14. The van der Waals surface area contributed by atoms with E-state index < -0.39 is 6.10 Å². The number of fused-ring (bicyclic) bond motifs is 1. The Morgan fingerprint density at radius 1 is 1.27 bits per heavy atom. The van der Waals surface area contributed by atoms with Crippen molar-refractivity contribution in [1.82, 2.24) is 20.2 Å². The van der Waals surface area contributed by atoms with Crippen molar-refractivity contribution in [3.63, 3.8) is 0 Å². The van der Waals surface area contributed by atoms with Crippen LogP contribution in [0.5, 0.6) is 5.88 Å². The monoisotopic (exact) mass is 324 g/mol. The number of carbonyl (C=O) groups excluding carboxylic acids is 1. The number of halogens is 1. The topological polar surface area (TPSA) is 67.3 Å². The fourth-order valence-electron chi connectivity index (χ4n) is 3.19. The molecular weight excluding hydrogens is 304 g/mol. The Morgan fingerprint density at radius 2 is 2.14 bits per heavy atom. The standard InChI is InChI=1S/C15H20N4O2.ClH/c20-15-13(6-11-7-16-4-1-5-19(11)15)21-14-9-17-12(8-18-14)10-2-3-10;/h8-11,13,16H,1-7H2;1H/t11-,13+;/m0./s1. The van der Waals surface area contributed by atoms with Crippen molar-refractivity contribution in [2.24, 2.45) is 0 Å². The fraction of sp³-hybridized carbons (Fsp3) is 0.667. The molecule has 1 aromatic heterocycles. The average molecular weight is 325 g/mol. The third kappa shape index (κ3) is 3.03. The third-order valence-corrected chi connectivity index (χ3v) is 4.52. The highest BCUT2D eigenvalue weighted by molar-refractivity contribution is 5.85. The second kappa shape index (κ2) is 6.38. The Bertz CT molecular complexity index is 535. The van der Waals surface area contributed by atoms with E-state index in [0.717, 1.165) is 38.2 Å². The molecule has 1 N–H and O–H groups in total. The van der Waals surface area contributed by atoms with Gasteiger partial charge in [0.05, 0.1) is 18.1 Å². The summed E-state index contributed by atoms with van der Waals surface area (Å²) in [6.45, 7) is 2.67. The Labute approximate surface area is 136 Å². The molecule has 3 aliphatic rings. The molecule has 120 valence electrons. The first-order chi connectivity index (χ1) is 10.3. The molecule has 0 radical (unpaired) electrons. The van der Waals surface area contributed by atoms with Crippen LogP contribution in [0.1, 0.15) is 37.3 Å². The summed E-state index contributed by atoms with van der Waals surface area (Å²) in [4.78, 5) is 23.1. The number of ether oxygens (including phenoxy) is 1. The lowest BCUT2D eigenvalue weighted by Gasteiger charge is -2.20. The maximum Gasteiger partial charge on any atom is 0.264 e. The largest absolute Gasteiger partial charge is 0.463 e. The summed E-state index contributed by atoms with van der Waals surface area (Å²) in [7, 11) is 0. The SMILES string of the molecule is Cl.O=C1[C@H](Oc2cnc(C3CC3)cn2)C[C@H]2CNCCCN12. The second-order valence-corrected chi connectivity index (χ2v) is 6.14. The number of nitrogens with one attached hydrogen (secondary N) is 1. The average Bonchev–Trinajstić information content (AvgIpc) is 3.31. The zero-order valence-corrected chi connectivity index (χ0v) is 13.2. The zero-order valence-electron chi connectivity index (χ0n) is 12.4. The lowest BCUT2D eigenvalue weighted by atomic mass is 10.2. The van der Waals surface area contributed by atoms with Gasteiger partial charge in [-0.3, -0.25) is 9.78 Å². The van der Waals surface area contributed by atoms with Crippen LogP contribution in [0.25, 0.3) is 0 Å². The highest BCUT2D eigenvalue weighted by atomic mass is 35.5. The molecule has 0 spiro atoms. The van der Waals surface area contributed by atoms with E-state index >= 15 is 0 Å². The summed E-state index contributed by atoms with van der Waals surface area (Å²) in [5.74, 6) is 1.14. The fourth-order valence-corrected chi connectivity index (χ4v) is 3.19. The summed E-state index contributed by atoms with van der Waals surface area (Å²) >= 11 is 0. The van der Waals surface area contributed by atoms with E-state index in [2.05, 4.69) is 15.3 Å². The molecule has 2 atom stereocenters. The van der Waals surface area contributed by atoms with Crippen LogP contribution < -0.4 is 10.1 Å². The number of rotatable bonds is 3. The van der Waals surface area contributed by atoms with Crippen LogP contribution in [0, 0.1) is 0 Å². The minimum absolute atomic E-state index is 0. The molecule has 0 aromatic carbocycles. The molecule has 3 heterocycles. The molecule has 6 nitrogen and oxygen atoms in total. The molecule has 2 aliphatic heterocycles. The van der Waals surface area contributed by atoms with Crippen molar-refractivity contribution in [3.8, 4) is 5.88 Å². The minimum atomic E-state index is -0.407. The van der Waals surface area contributed by atoms with Gasteiger partial charge >= 0.3 is 0 Å². The maximum atomic E-state index is 12.4. The van der Waals surface area contributed by atoms with Crippen LogP contribution in [0.2, 0.25) is 0 Å². The molecule has 22 heavy (non-hydrogen) atoms. The van der Waals surface area contributed by atoms with E-state index in [1.165, 1.54) is 12.8 Å². The highest BCUT2D eigenvalue weighted by Crippen LogP contribution is 2.38. The van der Waals surface area contributed by atoms with Crippen LogP contribution in [0.4, 0.5) is 0 Å². The van der Waals surface area contributed by atoms with Gasteiger partial charge in [0.25, 0.3) is 5.91 Å². The Kier molecular flexibility index (Phi) is 4.49. The minimum Gasteiger partial charge on any atom is -0.463 e. The van der Waals surface area contributed by atoms with Crippen LogP contribution in [0.3, 0.4) is 0 Å². The van der Waals surface area contributed by atoms with Crippen molar-refractivity contribution < 1.29 is 9.53 Å². The van der Waals surface area contributed by atoms with Gasteiger partial charge in [0.1, 0.15) is 0 Å². The van der Waals surface area contributed by atoms with Crippen molar-refractivity contribution in [1.29, 1.82) is 0 Å². The van der Waals surface area contributed by atoms with Crippen LogP contribution >= 0.6 is 12.4 Å². The van der Waals surface area contributed by atoms with Gasteiger partial charge in [-0.15, -0.1) is 12.4 Å². The zero-order chi connectivity index (χ0) is 14.2. The lowest BCUT2D eigenvalue weighted by molar-refractivity contribution is -0.134. The number of hydrogen-bond donors (Lipinski definition) is 1. The predicted molar refractivity (Wildman–Crippen MR) is 83.3 cm³/mol. The molecule has 3 fully saturated rings. The molecular formula is C15H21ClN4O2. The third-order valence-electron chi connectivity index (χ3n) is 4.52. The first-order valence-corrected chi connectivity index (χ1v) is 7.81. The molecule has 1 amide bonds. The highest BCUT2D eigenvalue weighted by Gasteiger charge is 2.41. The van der Waals surface area contributed by atoms with Gasteiger partial charge in [-0.2, -0.15) is 0 Å². The van der Waals surface area contributed by atoms with E-state index in [-0.39, 0.29) is 24.4 Å². The lowest BCUT2D eigenvalue weighted by Crippen LogP contribution is -2.38. The van der Waals surface area contributed by atoms with Gasteiger partial charge in [0.2, 0.25) is 5.88 Å². The molecule has 4 rings (SSSR count). The van der Waals surface area contributed by atoms with Gasteiger partial charge in [-0.05, 0) is 25.8 Å². The Hall–Kier alpha value is -1.40. The van der Waals surface area contributed by atoms with Gasteiger partial charge in [-0.25, -0.2) is 4.98 Å². The summed E-state index contributed by atoms with van der Waals surface area (Å²) in [5.41, 5.74) is 1.04. The van der Waals surface area contributed by atoms with Crippen molar-refractivity contribution in [2.75, 3.05) is 19.6 Å². The molecule has 0 bridgehead atoms. The first kappa shape index (κ1) is 15.5. The molecule has 1 aromatic rings.